The molecule has 2 aromatic carbocycles. The number of alkyl halides is 2. The maximum absolute atomic E-state index is 12.3. The average Bonchev–Trinajstić information content (AvgIpc) is 2.62. The number of methoxy groups -OCH3 is 1. The highest BCUT2D eigenvalue weighted by atomic mass is 19.3. The standard InChI is InChI=1S/C18H18F2N2O3/c1-23-16-12-14(9-10-15(16)25-18(19)20)17(21)22-24-11-5-8-13-6-3-2-4-7-13/h2-10,12,18H,11H2,1H3,(H2,21,22)/b8-5+. The summed E-state index contributed by atoms with van der Waals surface area (Å²) >= 11 is 0. The second-order valence-corrected chi connectivity index (χ2v) is 4.83. The van der Waals surface area contributed by atoms with E-state index in [9.17, 15) is 8.78 Å². The predicted molar refractivity (Wildman–Crippen MR) is 91.8 cm³/mol. The molecular formula is C18H18F2N2O3. The molecule has 0 aromatic heterocycles. The van der Waals surface area contributed by atoms with Crippen molar-refractivity contribution in [1.82, 2.24) is 0 Å². The minimum atomic E-state index is -2.94. The lowest BCUT2D eigenvalue weighted by Gasteiger charge is -2.11. The largest absolute Gasteiger partial charge is 0.493 e. The molecule has 5 nitrogen and oxygen atoms in total. The van der Waals surface area contributed by atoms with E-state index in [0.29, 0.717) is 5.56 Å². The van der Waals surface area contributed by atoms with Crippen LogP contribution in [0.2, 0.25) is 0 Å². The lowest BCUT2D eigenvalue weighted by atomic mass is 10.2. The molecule has 2 aromatic rings. The molecule has 0 bridgehead atoms. The Balaban J connectivity index is 1.96. The second-order valence-electron chi connectivity index (χ2n) is 4.83. The van der Waals surface area contributed by atoms with Crippen molar-refractivity contribution in [3.8, 4) is 11.5 Å². The average molecular weight is 348 g/mol. The van der Waals surface area contributed by atoms with Crippen LogP contribution >= 0.6 is 0 Å². The van der Waals surface area contributed by atoms with Crippen molar-refractivity contribution >= 4 is 11.9 Å². The van der Waals surface area contributed by atoms with E-state index in [1.165, 1.54) is 25.3 Å². The van der Waals surface area contributed by atoms with Gasteiger partial charge in [-0.3, -0.25) is 0 Å². The molecular weight excluding hydrogens is 330 g/mol. The second kappa shape index (κ2) is 9.27. The first-order valence-corrected chi connectivity index (χ1v) is 7.40. The first-order chi connectivity index (χ1) is 12.1. The molecule has 0 radical (unpaired) electrons. The fourth-order valence-electron chi connectivity index (χ4n) is 1.97. The number of oxime groups is 1. The van der Waals surface area contributed by atoms with Crippen molar-refractivity contribution in [1.29, 1.82) is 0 Å². The summed E-state index contributed by atoms with van der Waals surface area (Å²) < 4.78 is 34.0. The number of ether oxygens (including phenoxy) is 2. The number of nitrogens with zero attached hydrogens (tertiary/aromatic N) is 1. The number of amidine groups is 1. The Bertz CT molecular complexity index is 734. The summed E-state index contributed by atoms with van der Waals surface area (Å²) in [5.74, 6) is 0.135. The van der Waals surface area contributed by atoms with Gasteiger partial charge < -0.3 is 20.0 Å². The molecule has 0 saturated heterocycles. The molecule has 2 N–H and O–H groups in total. The number of hydrogen-bond acceptors (Lipinski definition) is 4. The van der Waals surface area contributed by atoms with Crippen LogP contribution in [0, 0.1) is 0 Å². The van der Waals surface area contributed by atoms with Gasteiger partial charge in [-0.05, 0) is 29.8 Å². The van der Waals surface area contributed by atoms with Gasteiger partial charge in [0.25, 0.3) is 0 Å². The SMILES string of the molecule is COc1cc(/C(N)=N/OC/C=C/c2ccccc2)ccc1OC(F)F. The molecule has 25 heavy (non-hydrogen) atoms. The topological polar surface area (TPSA) is 66.1 Å². The maximum Gasteiger partial charge on any atom is 0.387 e. The Morgan fingerprint density at radius 3 is 2.60 bits per heavy atom. The van der Waals surface area contributed by atoms with Crippen LogP contribution in [0.1, 0.15) is 11.1 Å². The minimum Gasteiger partial charge on any atom is -0.493 e. The molecule has 0 aliphatic heterocycles. The third kappa shape index (κ3) is 5.80. The molecule has 0 amide bonds. The van der Waals surface area contributed by atoms with E-state index >= 15 is 0 Å². The van der Waals surface area contributed by atoms with Crippen LogP contribution in [-0.2, 0) is 4.84 Å². The smallest absolute Gasteiger partial charge is 0.387 e. The molecule has 0 fully saturated rings. The fourth-order valence-corrected chi connectivity index (χ4v) is 1.97. The third-order valence-electron chi connectivity index (χ3n) is 3.12. The van der Waals surface area contributed by atoms with Crippen LogP contribution < -0.4 is 15.2 Å². The lowest BCUT2D eigenvalue weighted by Crippen LogP contribution is -2.14. The Morgan fingerprint density at radius 1 is 1.16 bits per heavy atom. The summed E-state index contributed by atoms with van der Waals surface area (Å²) in [4.78, 5) is 5.12. The molecule has 0 atom stereocenters. The molecule has 132 valence electrons. The molecule has 0 aliphatic carbocycles. The zero-order valence-corrected chi connectivity index (χ0v) is 13.6. The summed E-state index contributed by atoms with van der Waals surface area (Å²) in [6.07, 6.45) is 3.69. The van der Waals surface area contributed by atoms with Crippen molar-refractivity contribution in [2.45, 2.75) is 6.61 Å². The van der Waals surface area contributed by atoms with Crippen molar-refractivity contribution in [3.05, 3.63) is 65.7 Å². The Morgan fingerprint density at radius 2 is 1.92 bits per heavy atom. The van der Waals surface area contributed by atoms with Crippen LogP contribution in [0.5, 0.6) is 11.5 Å². The molecule has 0 aliphatic rings. The van der Waals surface area contributed by atoms with Gasteiger partial charge in [0.05, 0.1) is 7.11 Å². The summed E-state index contributed by atoms with van der Waals surface area (Å²) in [6.45, 7) is -2.70. The van der Waals surface area contributed by atoms with Gasteiger partial charge in [0.1, 0.15) is 6.61 Å². The first kappa shape index (κ1) is 18.3. The highest BCUT2D eigenvalue weighted by Crippen LogP contribution is 2.29. The summed E-state index contributed by atoms with van der Waals surface area (Å²) in [5.41, 5.74) is 7.33. The van der Waals surface area contributed by atoms with E-state index < -0.39 is 6.61 Å². The van der Waals surface area contributed by atoms with E-state index in [-0.39, 0.29) is 23.9 Å². The van der Waals surface area contributed by atoms with E-state index in [1.54, 1.807) is 6.08 Å². The van der Waals surface area contributed by atoms with E-state index in [0.717, 1.165) is 5.56 Å². The van der Waals surface area contributed by atoms with E-state index in [2.05, 4.69) is 9.89 Å². The van der Waals surface area contributed by atoms with Crippen LogP contribution in [0.3, 0.4) is 0 Å². The first-order valence-electron chi connectivity index (χ1n) is 7.40. The number of benzene rings is 2. The Hall–Kier alpha value is -3.09. The quantitative estimate of drug-likeness (QED) is 0.342. The zero-order valence-electron chi connectivity index (χ0n) is 13.6. The maximum atomic E-state index is 12.3. The molecule has 7 heteroatoms. The fraction of sp³-hybridized carbons (Fsp3) is 0.167. The zero-order chi connectivity index (χ0) is 18.1. The molecule has 2 rings (SSSR count). The number of rotatable bonds is 8. The lowest BCUT2D eigenvalue weighted by molar-refractivity contribution is -0.0512. The van der Waals surface area contributed by atoms with Gasteiger partial charge in [-0.2, -0.15) is 8.78 Å². The van der Waals surface area contributed by atoms with Crippen molar-refractivity contribution in [3.63, 3.8) is 0 Å². The van der Waals surface area contributed by atoms with Gasteiger partial charge in [-0.15, -0.1) is 0 Å². The molecule has 0 saturated carbocycles. The van der Waals surface area contributed by atoms with Crippen molar-refractivity contribution < 1.29 is 23.1 Å². The minimum absolute atomic E-state index is 0.0826. The Kier molecular flexibility index (Phi) is 6.76. The van der Waals surface area contributed by atoms with Gasteiger partial charge in [-0.25, -0.2) is 0 Å². The highest BCUT2D eigenvalue weighted by Gasteiger charge is 2.12. The van der Waals surface area contributed by atoms with Crippen LogP contribution in [0.4, 0.5) is 8.78 Å². The summed E-state index contributed by atoms with van der Waals surface area (Å²) in [6, 6.07) is 14.0. The molecule has 0 heterocycles. The van der Waals surface area contributed by atoms with Gasteiger partial charge in [0.15, 0.2) is 17.3 Å². The summed E-state index contributed by atoms with van der Waals surface area (Å²) in [7, 11) is 1.34. The van der Waals surface area contributed by atoms with Gasteiger partial charge >= 0.3 is 6.61 Å². The molecule has 0 unspecified atom stereocenters. The monoisotopic (exact) mass is 348 g/mol. The third-order valence-corrected chi connectivity index (χ3v) is 3.12. The highest BCUT2D eigenvalue weighted by molar-refractivity contribution is 5.97. The number of halogens is 2. The number of nitrogens with two attached hydrogens (primary N) is 1. The van der Waals surface area contributed by atoms with Gasteiger partial charge in [-0.1, -0.05) is 41.6 Å². The van der Waals surface area contributed by atoms with Crippen LogP contribution in [0.25, 0.3) is 6.08 Å². The van der Waals surface area contributed by atoms with E-state index in [1.807, 2.05) is 36.4 Å². The van der Waals surface area contributed by atoms with Crippen molar-refractivity contribution in [2.24, 2.45) is 10.9 Å². The molecule has 0 spiro atoms. The Labute approximate surface area is 144 Å². The predicted octanol–water partition coefficient (Wildman–Crippen LogP) is 3.65. The van der Waals surface area contributed by atoms with Gasteiger partial charge in [0.2, 0.25) is 0 Å². The van der Waals surface area contributed by atoms with Crippen LogP contribution in [0.15, 0.2) is 59.8 Å². The van der Waals surface area contributed by atoms with Gasteiger partial charge in [0, 0.05) is 5.56 Å². The van der Waals surface area contributed by atoms with Crippen molar-refractivity contribution in [2.75, 3.05) is 13.7 Å². The van der Waals surface area contributed by atoms with Crippen LogP contribution in [-0.4, -0.2) is 26.2 Å². The number of hydrogen-bond donors (Lipinski definition) is 1. The van der Waals surface area contributed by atoms with E-state index in [4.69, 9.17) is 15.3 Å². The normalized spacial score (nSPS) is 11.8. The summed E-state index contributed by atoms with van der Waals surface area (Å²) in [5, 5.41) is 3.79.